The molecule has 3 N–H and O–H groups in total. The third-order valence-electron chi connectivity index (χ3n) is 6.25. The summed E-state index contributed by atoms with van der Waals surface area (Å²) >= 11 is 0. The van der Waals surface area contributed by atoms with Crippen LogP contribution in [0.1, 0.15) is 11.3 Å². The lowest BCUT2D eigenvalue weighted by Crippen LogP contribution is -2.10. The number of carbonyl (C=O) groups excluding carboxylic acids is 1. The Morgan fingerprint density at radius 1 is 1.10 bits per heavy atom. The SMILES string of the molecule is C=C(F)C(=O)Nc1ccc(-c2c(-c3ccc(Oc4cccc(C)n4)cc3)c3c(N)ncc(C#N)c3n2C)cc1. The number of nitrogen functional groups attached to an aromatic ring is 1. The number of aryl methyl sites for hydroxylation is 2. The standard InChI is InChI=1S/C30H23FN6O2/c1-17-5-4-6-24(35-17)39-23-13-9-19(10-14-23)25-26-28(21(15-32)16-34-29(26)33)37(3)27(25)20-7-11-22(12-8-20)36-30(38)18(2)31/h4-14,16H,2H2,1,3H3,(H2,33,34)(H,36,38). The van der Waals surface area contributed by atoms with Gasteiger partial charge >= 0.3 is 0 Å². The van der Waals surface area contributed by atoms with Crippen molar-refractivity contribution in [3.05, 3.63) is 96.6 Å². The number of pyridine rings is 2. The average molecular weight is 519 g/mol. The van der Waals surface area contributed by atoms with E-state index in [1.54, 1.807) is 30.3 Å². The first-order valence-electron chi connectivity index (χ1n) is 11.9. The summed E-state index contributed by atoms with van der Waals surface area (Å²) in [5.74, 6) is -0.599. The van der Waals surface area contributed by atoms with Gasteiger partial charge < -0.3 is 20.4 Å². The number of nitrogens with two attached hydrogens (primary N) is 1. The predicted octanol–water partition coefficient (Wildman–Crippen LogP) is 6.28. The number of nitriles is 1. The van der Waals surface area contributed by atoms with Gasteiger partial charge in [-0.2, -0.15) is 5.26 Å². The molecule has 0 aliphatic rings. The lowest BCUT2D eigenvalue weighted by molar-refractivity contribution is -0.114. The first-order valence-corrected chi connectivity index (χ1v) is 11.9. The second kappa shape index (κ2) is 10.1. The molecule has 0 fully saturated rings. The summed E-state index contributed by atoms with van der Waals surface area (Å²) in [5.41, 5.74) is 11.8. The molecule has 1 amide bonds. The van der Waals surface area contributed by atoms with Crippen molar-refractivity contribution in [2.75, 3.05) is 11.1 Å². The number of fused-ring (bicyclic) bond motifs is 1. The Hall–Kier alpha value is -5.49. The number of amides is 1. The topological polar surface area (TPSA) is 119 Å². The fourth-order valence-corrected chi connectivity index (χ4v) is 4.50. The van der Waals surface area contributed by atoms with Gasteiger partial charge in [0, 0.05) is 36.3 Å². The molecule has 0 aliphatic carbocycles. The molecule has 3 heterocycles. The predicted molar refractivity (Wildman–Crippen MR) is 149 cm³/mol. The van der Waals surface area contributed by atoms with E-state index in [2.05, 4.69) is 27.9 Å². The molecule has 3 aromatic heterocycles. The largest absolute Gasteiger partial charge is 0.439 e. The molecular weight excluding hydrogens is 495 g/mol. The molecule has 39 heavy (non-hydrogen) atoms. The highest BCUT2D eigenvalue weighted by Gasteiger charge is 2.23. The highest BCUT2D eigenvalue weighted by atomic mass is 19.1. The Balaban J connectivity index is 1.64. The highest BCUT2D eigenvalue weighted by molar-refractivity contribution is 6.11. The number of nitrogens with zero attached hydrogens (tertiary/aromatic N) is 4. The molecule has 0 atom stereocenters. The normalized spacial score (nSPS) is 10.7. The zero-order chi connectivity index (χ0) is 27.7. The van der Waals surface area contributed by atoms with Gasteiger partial charge in [-0.15, -0.1) is 0 Å². The van der Waals surface area contributed by atoms with Crippen LogP contribution in [0.15, 0.2) is 85.3 Å². The molecule has 5 aromatic rings. The highest BCUT2D eigenvalue weighted by Crippen LogP contribution is 2.43. The maximum atomic E-state index is 13.1. The van der Waals surface area contributed by atoms with Crippen LogP contribution in [0.2, 0.25) is 0 Å². The molecule has 0 saturated heterocycles. The molecule has 0 saturated carbocycles. The minimum absolute atomic E-state index is 0.287. The van der Waals surface area contributed by atoms with Crippen molar-refractivity contribution in [2.45, 2.75) is 6.92 Å². The van der Waals surface area contributed by atoms with Crippen molar-refractivity contribution in [3.63, 3.8) is 0 Å². The van der Waals surface area contributed by atoms with Gasteiger partial charge in [-0.1, -0.05) is 36.9 Å². The fourth-order valence-electron chi connectivity index (χ4n) is 4.50. The van der Waals surface area contributed by atoms with E-state index in [4.69, 9.17) is 10.5 Å². The maximum absolute atomic E-state index is 13.1. The summed E-state index contributed by atoms with van der Waals surface area (Å²) in [6, 6.07) is 22.2. The average Bonchev–Trinajstić information content (AvgIpc) is 3.23. The number of halogens is 1. The van der Waals surface area contributed by atoms with Crippen LogP contribution in [0.5, 0.6) is 11.6 Å². The summed E-state index contributed by atoms with van der Waals surface area (Å²) < 4.78 is 21.0. The van der Waals surface area contributed by atoms with E-state index >= 15 is 0 Å². The third kappa shape index (κ3) is 4.79. The molecule has 0 radical (unpaired) electrons. The molecule has 5 rings (SSSR count). The zero-order valence-corrected chi connectivity index (χ0v) is 21.2. The Morgan fingerprint density at radius 2 is 1.79 bits per heavy atom. The number of rotatable bonds is 6. The van der Waals surface area contributed by atoms with E-state index in [1.807, 2.05) is 54.9 Å². The second-order valence-electron chi connectivity index (χ2n) is 8.86. The van der Waals surface area contributed by atoms with Gasteiger partial charge in [-0.3, -0.25) is 4.79 Å². The minimum Gasteiger partial charge on any atom is -0.439 e. The van der Waals surface area contributed by atoms with Crippen LogP contribution < -0.4 is 15.8 Å². The maximum Gasteiger partial charge on any atom is 0.283 e. The molecule has 0 unspecified atom stereocenters. The van der Waals surface area contributed by atoms with Crippen LogP contribution in [0.25, 0.3) is 33.3 Å². The summed E-state index contributed by atoms with van der Waals surface area (Å²) in [7, 11) is 1.85. The summed E-state index contributed by atoms with van der Waals surface area (Å²) in [5, 5.41) is 12.9. The molecule has 8 nitrogen and oxygen atoms in total. The number of carbonyl (C=O) groups is 1. The Morgan fingerprint density at radius 3 is 2.44 bits per heavy atom. The van der Waals surface area contributed by atoms with Crippen molar-refractivity contribution >= 4 is 28.3 Å². The van der Waals surface area contributed by atoms with Crippen LogP contribution >= 0.6 is 0 Å². The van der Waals surface area contributed by atoms with E-state index in [-0.39, 0.29) is 5.82 Å². The monoisotopic (exact) mass is 518 g/mol. The van der Waals surface area contributed by atoms with Gasteiger partial charge in [0.1, 0.15) is 17.6 Å². The summed E-state index contributed by atoms with van der Waals surface area (Å²) in [4.78, 5) is 20.3. The first-order chi connectivity index (χ1) is 18.8. The zero-order valence-electron chi connectivity index (χ0n) is 21.2. The number of benzene rings is 2. The van der Waals surface area contributed by atoms with Crippen LogP contribution in [0.4, 0.5) is 15.9 Å². The van der Waals surface area contributed by atoms with E-state index in [0.29, 0.717) is 33.8 Å². The lowest BCUT2D eigenvalue weighted by atomic mass is 9.98. The quantitative estimate of drug-likeness (QED) is 0.255. The smallest absolute Gasteiger partial charge is 0.283 e. The van der Waals surface area contributed by atoms with Crippen LogP contribution in [-0.2, 0) is 11.8 Å². The van der Waals surface area contributed by atoms with Crippen molar-refractivity contribution in [1.29, 1.82) is 5.26 Å². The molecule has 2 aromatic carbocycles. The third-order valence-corrected chi connectivity index (χ3v) is 6.25. The number of nitrogens with one attached hydrogen (secondary N) is 1. The Kier molecular flexibility index (Phi) is 6.52. The van der Waals surface area contributed by atoms with E-state index in [0.717, 1.165) is 28.1 Å². The minimum atomic E-state index is -1.08. The Bertz CT molecular complexity index is 1780. The number of aromatic nitrogens is 3. The number of ether oxygens (including phenoxy) is 1. The molecule has 192 valence electrons. The van der Waals surface area contributed by atoms with E-state index in [9.17, 15) is 14.4 Å². The first kappa shape index (κ1) is 25.2. The van der Waals surface area contributed by atoms with E-state index < -0.39 is 11.7 Å². The Labute approximate surface area is 223 Å². The van der Waals surface area contributed by atoms with Gasteiger partial charge in [0.05, 0.1) is 22.2 Å². The van der Waals surface area contributed by atoms with Gasteiger partial charge in [0.15, 0.2) is 5.83 Å². The van der Waals surface area contributed by atoms with E-state index in [1.165, 1.54) is 6.20 Å². The molecule has 0 spiro atoms. The van der Waals surface area contributed by atoms with Gasteiger partial charge in [0.2, 0.25) is 5.88 Å². The fraction of sp³-hybridized carbons (Fsp3) is 0.0667. The van der Waals surface area contributed by atoms with Gasteiger partial charge in [-0.25, -0.2) is 14.4 Å². The van der Waals surface area contributed by atoms with Crippen LogP contribution in [-0.4, -0.2) is 20.4 Å². The van der Waals surface area contributed by atoms with Crippen molar-refractivity contribution in [3.8, 4) is 40.1 Å². The molecule has 9 heteroatoms. The van der Waals surface area contributed by atoms with Crippen molar-refractivity contribution < 1.29 is 13.9 Å². The van der Waals surface area contributed by atoms with Gasteiger partial charge in [-0.05, 0) is 48.4 Å². The summed E-state index contributed by atoms with van der Waals surface area (Å²) in [6.07, 6.45) is 1.46. The van der Waals surface area contributed by atoms with Crippen LogP contribution in [0, 0.1) is 18.3 Å². The van der Waals surface area contributed by atoms with Crippen molar-refractivity contribution in [1.82, 2.24) is 14.5 Å². The molecule has 0 aliphatic heterocycles. The van der Waals surface area contributed by atoms with Gasteiger partial charge in [0.25, 0.3) is 5.91 Å². The number of hydrogen-bond donors (Lipinski definition) is 2. The number of hydrogen-bond acceptors (Lipinski definition) is 6. The second-order valence-corrected chi connectivity index (χ2v) is 8.86. The lowest BCUT2D eigenvalue weighted by Gasteiger charge is -2.11. The van der Waals surface area contributed by atoms with Crippen molar-refractivity contribution in [2.24, 2.45) is 7.05 Å². The summed E-state index contributed by atoms with van der Waals surface area (Å²) in [6.45, 7) is 4.91. The van der Waals surface area contributed by atoms with Crippen LogP contribution in [0.3, 0.4) is 0 Å². The molecule has 0 bridgehead atoms. The molecular formula is C30H23FN6O2. The number of anilines is 2.